The van der Waals surface area contributed by atoms with Crippen LogP contribution in [0.5, 0.6) is 0 Å². The Morgan fingerprint density at radius 3 is 0.951 bits per heavy atom. The van der Waals surface area contributed by atoms with Gasteiger partial charge < -0.3 is 67.4 Å². The summed E-state index contributed by atoms with van der Waals surface area (Å²) in [5.41, 5.74) is 0. The fraction of sp³-hybridized carbons (Fsp3) is 0.926. The summed E-state index contributed by atoms with van der Waals surface area (Å²) in [4.78, 5) is 19.3. The van der Waals surface area contributed by atoms with Crippen LogP contribution in [-0.2, 0) is 38.0 Å². The Hall–Kier alpha value is -1.46. The van der Waals surface area contributed by atoms with E-state index in [0.29, 0.717) is 66.1 Å². The number of nitrogens with zero attached hydrogens (tertiary/aromatic N) is 2. The van der Waals surface area contributed by atoms with E-state index in [4.69, 9.17) is 38.6 Å². The van der Waals surface area contributed by atoms with Crippen LogP contribution in [0, 0.1) is 0 Å². The Balaban J connectivity index is -0.000000551. The van der Waals surface area contributed by atoms with Gasteiger partial charge >= 0.3 is 0 Å². The number of rotatable bonds is 26. The van der Waals surface area contributed by atoms with Gasteiger partial charge in [0, 0.05) is 11.9 Å². The lowest BCUT2D eigenvalue weighted by molar-refractivity contribution is -0.870. The second-order valence-electron chi connectivity index (χ2n) is 10.7. The Morgan fingerprint density at radius 2 is 0.732 bits per heavy atom. The van der Waals surface area contributed by atoms with Crippen molar-refractivity contribution >= 4 is 11.9 Å². The first-order valence-corrected chi connectivity index (χ1v) is 13.9. The molecule has 0 fully saturated rings. The Morgan fingerprint density at radius 1 is 0.488 bits per heavy atom. The second-order valence-corrected chi connectivity index (χ2v) is 10.7. The van der Waals surface area contributed by atoms with Crippen molar-refractivity contribution in [3.05, 3.63) is 0 Å². The van der Waals surface area contributed by atoms with Gasteiger partial charge in [0.05, 0.1) is 135 Å². The van der Waals surface area contributed by atoms with E-state index in [1.165, 1.54) is 0 Å². The van der Waals surface area contributed by atoms with Gasteiger partial charge in [-0.25, -0.2) is 0 Å². The van der Waals surface area contributed by atoms with E-state index in [2.05, 4.69) is 42.3 Å². The average molecular weight is 603 g/mol. The van der Waals surface area contributed by atoms with Gasteiger partial charge in [0.2, 0.25) is 0 Å². The molecule has 0 radical (unpaired) electrons. The number of carbonyl (C=O) groups is 2. The smallest absolute Gasteiger partial charge is 0.102 e. The van der Waals surface area contributed by atoms with Gasteiger partial charge in [0.1, 0.15) is 13.1 Å². The molecule has 14 heteroatoms. The normalized spacial score (nSPS) is 11.3. The van der Waals surface area contributed by atoms with Crippen molar-refractivity contribution in [2.45, 2.75) is 19.3 Å². The maximum absolute atomic E-state index is 9.66. The topological polar surface area (TPSA) is 176 Å². The van der Waals surface area contributed by atoms with Crippen molar-refractivity contribution in [2.75, 3.05) is 148 Å². The fourth-order valence-electron chi connectivity index (χ4n) is 2.27. The number of aliphatic carboxylic acids is 2. The van der Waals surface area contributed by atoms with Gasteiger partial charge in [0.25, 0.3) is 0 Å². The van der Waals surface area contributed by atoms with E-state index in [0.717, 1.165) is 35.3 Å². The summed E-state index contributed by atoms with van der Waals surface area (Å²) in [6.45, 7) is 9.01. The standard InChI is InChI=1S/2C11H26NO4.C5H8O4/c2*1-12(2,3)4-6-14-8-10-16-11-9-15-7-5-13;6-4(7)2-1-3-5(8)9/h2*13H,4-11H2,1-3H3;1-3H2,(H,6,7)(H,8,9)/q2*+1;/p-2. The van der Waals surface area contributed by atoms with Crippen molar-refractivity contribution in [1.29, 1.82) is 0 Å². The highest BCUT2D eigenvalue weighted by Gasteiger charge is 2.06. The van der Waals surface area contributed by atoms with Crippen molar-refractivity contribution in [2.24, 2.45) is 0 Å². The number of carboxylic acid groups (broad SMARTS) is 2. The number of carbonyl (C=O) groups excluding carboxylic acids is 2. The van der Waals surface area contributed by atoms with Gasteiger partial charge in [-0.2, -0.15) is 0 Å². The predicted molar refractivity (Wildman–Crippen MR) is 149 cm³/mol. The van der Waals surface area contributed by atoms with Gasteiger partial charge in [-0.05, 0) is 19.3 Å². The Kier molecular flexibility index (Phi) is 33.8. The molecule has 0 rings (SSSR count). The lowest BCUT2D eigenvalue weighted by Gasteiger charge is -2.23. The minimum absolute atomic E-state index is 0.0637. The molecule has 41 heavy (non-hydrogen) atoms. The summed E-state index contributed by atoms with van der Waals surface area (Å²) >= 11 is 0. The summed E-state index contributed by atoms with van der Waals surface area (Å²) in [7, 11) is 12.8. The maximum atomic E-state index is 9.66. The van der Waals surface area contributed by atoms with Gasteiger partial charge in [-0.1, -0.05) is 0 Å². The highest BCUT2D eigenvalue weighted by Crippen LogP contribution is 1.92. The average Bonchev–Trinajstić information content (AvgIpc) is 2.85. The van der Waals surface area contributed by atoms with Crippen molar-refractivity contribution in [3.8, 4) is 0 Å². The molecule has 0 atom stereocenters. The highest BCUT2D eigenvalue weighted by molar-refractivity contribution is 5.67. The quantitative estimate of drug-likeness (QED) is 0.0766. The number of aliphatic hydroxyl groups excluding tert-OH is 2. The zero-order valence-corrected chi connectivity index (χ0v) is 26.3. The molecular weight excluding hydrogens is 544 g/mol. The summed E-state index contributed by atoms with van der Waals surface area (Å²) in [6, 6.07) is 0. The van der Waals surface area contributed by atoms with E-state index < -0.39 is 11.9 Å². The second kappa shape index (κ2) is 31.5. The molecule has 0 aliphatic carbocycles. The molecule has 2 N–H and O–H groups in total. The third-order valence-electron chi connectivity index (χ3n) is 4.53. The highest BCUT2D eigenvalue weighted by atomic mass is 16.6. The van der Waals surface area contributed by atoms with Crippen LogP contribution in [0.3, 0.4) is 0 Å². The first-order valence-electron chi connectivity index (χ1n) is 13.9. The molecule has 0 aromatic rings. The number of ether oxygens (including phenoxy) is 6. The summed E-state index contributed by atoms with van der Waals surface area (Å²) in [6.07, 6.45) is -0.341. The summed E-state index contributed by atoms with van der Waals surface area (Å²) in [5.74, 6) is -2.45. The molecule has 0 bridgehead atoms. The van der Waals surface area contributed by atoms with Gasteiger partial charge in [-0.15, -0.1) is 0 Å². The molecule has 0 saturated carbocycles. The van der Waals surface area contributed by atoms with Crippen LogP contribution in [0.15, 0.2) is 0 Å². The summed E-state index contributed by atoms with van der Waals surface area (Å²) < 4.78 is 33.3. The number of hydrogen-bond donors (Lipinski definition) is 2. The zero-order valence-electron chi connectivity index (χ0n) is 26.3. The van der Waals surface area contributed by atoms with Crippen molar-refractivity contribution in [3.63, 3.8) is 0 Å². The SMILES string of the molecule is C[N+](C)(C)CCOCCOCCOCCO.C[N+](C)(C)CCOCCOCCOCCO.O=C([O-])CCCC(=O)[O-]. The van der Waals surface area contributed by atoms with Crippen LogP contribution in [0.1, 0.15) is 19.3 Å². The van der Waals surface area contributed by atoms with Gasteiger partial charge in [-0.3, -0.25) is 0 Å². The van der Waals surface area contributed by atoms with E-state index in [-0.39, 0.29) is 32.5 Å². The van der Waals surface area contributed by atoms with Crippen molar-refractivity contribution < 1.29 is 67.4 Å². The molecule has 0 aromatic carbocycles. The van der Waals surface area contributed by atoms with Crippen molar-refractivity contribution in [1.82, 2.24) is 0 Å². The van der Waals surface area contributed by atoms with E-state index in [1.54, 1.807) is 0 Å². The van der Waals surface area contributed by atoms with Gasteiger partial charge in [0.15, 0.2) is 0 Å². The number of likely N-dealkylation sites (N-methyl/N-ethyl adjacent to an activating group) is 2. The number of carboxylic acids is 2. The number of aliphatic hydroxyl groups is 2. The van der Waals surface area contributed by atoms with E-state index in [9.17, 15) is 19.8 Å². The van der Waals surface area contributed by atoms with Crippen LogP contribution >= 0.6 is 0 Å². The molecule has 0 amide bonds. The van der Waals surface area contributed by atoms with E-state index >= 15 is 0 Å². The minimum Gasteiger partial charge on any atom is -0.550 e. The monoisotopic (exact) mass is 602 g/mol. The molecule has 0 aromatic heterocycles. The molecule has 0 aliphatic rings. The largest absolute Gasteiger partial charge is 0.550 e. The minimum atomic E-state index is -1.23. The Bertz CT molecular complexity index is 521. The summed E-state index contributed by atoms with van der Waals surface area (Å²) in [5, 5.41) is 36.2. The Labute approximate surface area is 246 Å². The van der Waals surface area contributed by atoms with Crippen LogP contribution in [0.25, 0.3) is 0 Å². The molecule has 0 heterocycles. The third kappa shape index (κ3) is 55.2. The molecule has 0 spiro atoms. The van der Waals surface area contributed by atoms with E-state index in [1.807, 2.05) is 0 Å². The maximum Gasteiger partial charge on any atom is 0.102 e. The number of hydrogen-bond acceptors (Lipinski definition) is 12. The van der Waals surface area contributed by atoms with Crippen LogP contribution in [0.4, 0.5) is 0 Å². The van der Waals surface area contributed by atoms with Crippen LogP contribution in [-0.4, -0.2) is 179 Å². The predicted octanol–water partition coefficient (Wildman–Crippen LogP) is -2.87. The molecule has 0 saturated heterocycles. The molecule has 0 unspecified atom stereocenters. The zero-order chi connectivity index (χ0) is 31.8. The lowest BCUT2D eigenvalue weighted by atomic mass is 10.2. The molecule has 0 aliphatic heterocycles. The molecule has 248 valence electrons. The first-order chi connectivity index (χ1) is 19.2. The lowest BCUT2D eigenvalue weighted by Crippen LogP contribution is -2.37. The van der Waals surface area contributed by atoms with Crippen LogP contribution in [0.2, 0.25) is 0 Å². The fourth-order valence-corrected chi connectivity index (χ4v) is 2.27. The number of quaternary nitrogens is 2. The molecule has 14 nitrogen and oxygen atoms in total. The first kappa shape index (κ1) is 44.0. The molecular formula is C27H58N2O12. The third-order valence-corrected chi connectivity index (χ3v) is 4.53. The van der Waals surface area contributed by atoms with Crippen LogP contribution < -0.4 is 10.2 Å².